The van der Waals surface area contributed by atoms with Crippen molar-refractivity contribution in [2.75, 3.05) is 0 Å². The minimum atomic E-state index is -1.01. The van der Waals surface area contributed by atoms with Gasteiger partial charge in [0.15, 0.2) is 0 Å². The number of carbonyl (C=O) groups is 2. The Morgan fingerprint density at radius 1 is 0.946 bits per heavy atom. The molecular formula is C32H46O5. The second-order valence-electron chi connectivity index (χ2n) is 11.0. The first-order chi connectivity index (χ1) is 17.4. The highest BCUT2D eigenvalue weighted by Crippen LogP contribution is 2.42. The monoisotopic (exact) mass is 510 g/mol. The maximum absolute atomic E-state index is 12.1. The molecule has 204 valence electrons. The molecular weight excluding hydrogens is 464 g/mol. The van der Waals surface area contributed by atoms with E-state index in [0.717, 1.165) is 73.8 Å². The number of carbonyl (C=O) groups excluding carboxylic acids is 1. The van der Waals surface area contributed by atoms with Gasteiger partial charge in [-0.2, -0.15) is 0 Å². The molecule has 2 rings (SSSR count). The Kier molecular flexibility index (Phi) is 11.7. The number of aryl methyl sites for hydroxylation is 1. The topological polar surface area (TPSA) is 72.8 Å². The minimum absolute atomic E-state index is 0.140. The van der Waals surface area contributed by atoms with Crippen LogP contribution in [0.25, 0.3) is 0 Å². The lowest BCUT2D eigenvalue weighted by atomic mass is 9.86. The van der Waals surface area contributed by atoms with E-state index >= 15 is 0 Å². The number of carboxylic acids is 1. The number of ether oxygens (including phenoxy) is 2. The van der Waals surface area contributed by atoms with Gasteiger partial charge >= 0.3 is 11.9 Å². The van der Waals surface area contributed by atoms with Crippen molar-refractivity contribution in [3.63, 3.8) is 0 Å². The van der Waals surface area contributed by atoms with Crippen molar-refractivity contribution in [2.45, 2.75) is 118 Å². The fourth-order valence-corrected chi connectivity index (χ4v) is 4.58. The summed E-state index contributed by atoms with van der Waals surface area (Å²) in [5.74, 6) is -0.140. The minimum Gasteiger partial charge on any atom is -0.487 e. The molecule has 1 aliphatic heterocycles. The standard InChI is InChI=1S/C32H46O5/c1-22(2)11-8-12-23(3)13-9-14-24(4)15-10-19-32(7)20-18-27-21-28(25(5)26(6)31(27)37-32)36-30(35)17-16-29(33)34/h11,13,15,21H,8-10,12,14,16-20H2,1-7H3,(H,33,34)/b23-13+,24-15+. The molecule has 0 saturated carbocycles. The molecule has 0 saturated heterocycles. The summed E-state index contributed by atoms with van der Waals surface area (Å²) < 4.78 is 12.0. The van der Waals surface area contributed by atoms with E-state index in [9.17, 15) is 9.59 Å². The highest BCUT2D eigenvalue weighted by molar-refractivity contribution is 5.78. The molecule has 1 atom stereocenters. The number of fused-ring (bicyclic) bond motifs is 1. The molecule has 1 aromatic rings. The summed E-state index contributed by atoms with van der Waals surface area (Å²) in [7, 11) is 0. The van der Waals surface area contributed by atoms with Crippen LogP contribution in [0.5, 0.6) is 11.5 Å². The Bertz CT molecular complexity index is 1060. The van der Waals surface area contributed by atoms with E-state index in [1.807, 2.05) is 19.9 Å². The van der Waals surface area contributed by atoms with E-state index in [1.54, 1.807) is 0 Å². The van der Waals surface area contributed by atoms with Gasteiger partial charge < -0.3 is 14.6 Å². The van der Waals surface area contributed by atoms with Gasteiger partial charge in [-0.3, -0.25) is 9.59 Å². The molecule has 5 nitrogen and oxygen atoms in total. The first-order valence-corrected chi connectivity index (χ1v) is 13.6. The van der Waals surface area contributed by atoms with E-state index in [2.05, 4.69) is 52.8 Å². The van der Waals surface area contributed by atoms with Crippen LogP contribution in [-0.4, -0.2) is 22.6 Å². The van der Waals surface area contributed by atoms with Crippen molar-refractivity contribution in [3.8, 4) is 11.5 Å². The fraction of sp³-hybridized carbons (Fsp3) is 0.562. The molecule has 1 unspecified atom stereocenters. The van der Waals surface area contributed by atoms with Crippen molar-refractivity contribution >= 4 is 11.9 Å². The van der Waals surface area contributed by atoms with Crippen LogP contribution in [0.3, 0.4) is 0 Å². The van der Waals surface area contributed by atoms with Crippen molar-refractivity contribution in [2.24, 2.45) is 0 Å². The van der Waals surface area contributed by atoms with E-state index in [1.165, 1.54) is 16.7 Å². The Hall–Kier alpha value is -2.82. The average molecular weight is 511 g/mol. The molecule has 0 bridgehead atoms. The maximum Gasteiger partial charge on any atom is 0.311 e. The van der Waals surface area contributed by atoms with Gasteiger partial charge in [0, 0.05) is 0 Å². The zero-order valence-corrected chi connectivity index (χ0v) is 24.0. The largest absolute Gasteiger partial charge is 0.487 e. The van der Waals surface area contributed by atoms with E-state index in [4.69, 9.17) is 14.6 Å². The van der Waals surface area contributed by atoms with E-state index < -0.39 is 11.9 Å². The quantitative estimate of drug-likeness (QED) is 0.164. The first kappa shape index (κ1) is 30.4. The summed E-state index contributed by atoms with van der Waals surface area (Å²) in [6.45, 7) is 14.8. The number of rotatable bonds is 13. The van der Waals surface area contributed by atoms with Gasteiger partial charge in [-0.15, -0.1) is 0 Å². The predicted molar refractivity (Wildman–Crippen MR) is 150 cm³/mol. The summed E-state index contributed by atoms with van der Waals surface area (Å²) in [5, 5.41) is 8.79. The van der Waals surface area contributed by atoms with E-state index in [0.29, 0.717) is 5.75 Å². The van der Waals surface area contributed by atoms with Gasteiger partial charge in [-0.05, 0) is 123 Å². The van der Waals surface area contributed by atoms with Crippen molar-refractivity contribution in [3.05, 3.63) is 57.7 Å². The van der Waals surface area contributed by atoms with Crippen LogP contribution in [0.2, 0.25) is 0 Å². The molecule has 0 spiro atoms. The molecule has 1 heterocycles. The zero-order chi connectivity index (χ0) is 27.6. The molecule has 0 amide bonds. The van der Waals surface area contributed by atoms with Gasteiger partial charge in [0.25, 0.3) is 0 Å². The van der Waals surface area contributed by atoms with Crippen LogP contribution in [0.15, 0.2) is 41.0 Å². The molecule has 0 aromatic heterocycles. The third-order valence-electron chi connectivity index (χ3n) is 7.20. The number of esters is 1. The molecule has 1 aromatic carbocycles. The number of allylic oxidation sites excluding steroid dienone is 6. The Labute approximate surface area is 223 Å². The Morgan fingerprint density at radius 2 is 1.57 bits per heavy atom. The predicted octanol–water partition coefficient (Wildman–Crippen LogP) is 8.36. The molecule has 0 radical (unpaired) electrons. The molecule has 0 aliphatic carbocycles. The SMILES string of the molecule is CC(C)=CCC/C(C)=C/CC/C(C)=C/CCC1(C)CCc2cc(OC(=O)CCC(=O)O)c(C)c(C)c2O1. The zero-order valence-electron chi connectivity index (χ0n) is 24.0. The maximum atomic E-state index is 12.1. The van der Waals surface area contributed by atoms with Crippen LogP contribution in [0.1, 0.15) is 109 Å². The smallest absolute Gasteiger partial charge is 0.311 e. The second-order valence-corrected chi connectivity index (χ2v) is 11.0. The fourth-order valence-electron chi connectivity index (χ4n) is 4.58. The summed E-state index contributed by atoms with van der Waals surface area (Å²) >= 11 is 0. The summed E-state index contributed by atoms with van der Waals surface area (Å²) in [6, 6.07) is 1.88. The summed E-state index contributed by atoms with van der Waals surface area (Å²) in [4.78, 5) is 22.8. The average Bonchev–Trinajstić information content (AvgIpc) is 2.81. The Morgan fingerprint density at radius 3 is 2.19 bits per heavy atom. The normalized spacial score (nSPS) is 17.6. The van der Waals surface area contributed by atoms with Gasteiger partial charge in [-0.1, -0.05) is 34.9 Å². The van der Waals surface area contributed by atoms with Crippen molar-refractivity contribution in [1.29, 1.82) is 0 Å². The van der Waals surface area contributed by atoms with Crippen LogP contribution in [0.4, 0.5) is 0 Å². The summed E-state index contributed by atoms with van der Waals surface area (Å²) in [5.41, 5.74) is 6.92. The lowest BCUT2D eigenvalue weighted by Crippen LogP contribution is -2.36. The van der Waals surface area contributed by atoms with Crippen LogP contribution < -0.4 is 9.47 Å². The number of benzene rings is 1. The lowest BCUT2D eigenvalue weighted by Gasteiger charge is -2.37. The molecule has 1 aliphatic rings. The lowest BCUT2D eigenvalue weighted by molar-refractivity contribution is -0.142. The van der Waals surface area contributed by atoms with Crippen LogP contribution in [0, 0.1) is 13.8 Å². The van der Waals surface area contributed by atoms with Gasteiger partial charge in [0.2, 0.25) is 0 Å². The first-order valence-electron chi connectivity index (χ1n) is 13.6. The number of hydrogen-bond acceptors (Lipinski definition) is 4. The van der Waals surface area contributed by atoms with Gasteiger partial charge in [0.1, 0.15) is 17.1 Å². The molecule has 1 N–H and O–H groups in total. The molecule has 5 heteroatoms. The van der Waals surface area contributed by atoms with E-state index in [-0.39, 0.29) is 18.4 Å². The Balaban J connectivity index is 1.92. The molecule has 37 heavy (non-hydrogen) atoms. The van der Waals surface area contributed by atoms with Crippen LogP contribution in [-0.2, 0) is 16.0 Å². The van der Waals surface area contributed by atoms with Crippen LogP contribution >= 0.6 is 0 Å². The highest BCUT2D eigenvalue weighted by Gasteiger charge is 2.33. The van der Waals surface area contributed by atoms with Gasteiger partial charge in [-0.25, -0.2) is 0 Å². The van der Waals surface area contributed by atoms with Crippen molar-refractivity contribution < 1.29 is 24.2 Å². The van der Waals surface area contributed by atoms with Crippen molar-refractivity contribution in [1.82, 2.24) is 0 Å². The number of carboxylic acid groups (broad SMARTS) is 1. The third-order valence-corrected chi connectivity index (χ3v) is 7.20. The molecule has 0 fully saturated rings. The number of aliphatic carboxylic acids is 1. The number of hydrogen-bond donors (Lipinski definition) is 1. The van der Waals surface area contributed by atoms with Gasteiger partial charge in [0.05, 0.1) is 12.8 Å². The third kappa shape index (κ3) is 10.2. The second kappa shape index (κ2) is 14.2. The highest BCUT2D eigenvalue weighted by atomic mass is 16.5. The summed E-state index contributed by atoms with van der Waals surface area (Å²) in [6.07, 6.45) is 14.8.